The Morgan fingerprint density at radius 3 is 2.84 bits per heavy atom. The quantitative estimate of drug-likeness (QED) is 0.890. The van der Waals surface area contributed by atoms with Gasteiger partial charge in [-0.25, -0.2) is 0 Å². The Labute approximate surface area is 119 Å². The van der Waals surface area contributed by atoms with Crippen LogP contribution in [0.3, 0.4) is 0 Å². The van der Waals surface area contributed by atoms with E-state index in [1.54, 1.807) is 17.4 Å². The Kier molecular flexibility index (Phi) is 3.43. The van der Waals surface area contributed by atoms with Crippen LogP contribution < -0.4 is 5.32 Å². The molecule has 2 heterocycles. The third-order valence-electron chi connectivity index (χ3n) is 3.50. The summed E-state index contributed by atoms with van der Waals surface area (Å²) < 4.78 is 0. The maximum atomic E-state index is 12.0. The minimum Gasteiger partial charge on any atom is -0.382 e. The molecule has 0 radical (unpaired) electrons. The molecule has 3 rings (SSSR count). The molecular formula is C14H15NO2S2. The summed E-state index contributed by atoms with van der Waals surface area (Å²) in [6.07, 6.45) is 2.06. The monoisotopic (exact) mass is 293 g/mol. The average Bonchev–Trinajstić information content (AvgIpc) is 2.95. The van der Waals surface area contributed by atoms with Gasteiger partial charge >= 0.3 is 0 Å². The van der Waals surface area contributed by atoms with Crippen molar-refractivity contribution >= 4 is 28.6 Å². The molecule has 0 saturated heterocycles. The van der Waals surface area contributed by atoms with Crippen molar-refractivity contribution in [2.24, 2.45) is 5.92 Å². The van der Waals surface area contributed by atoms with Gasteiger partial charge in [0, 0.05) is 15.8 Å². The van der Waals surface area contributed by atoms with Crippen LogP contribution in [0.2, 0.25) is 0 Å². The largest absolute Gasteiger partial charge is 0.382 e. The molecule has 1 fully saturated rings. The van der Waals surface area contributed by atoms with Gasteiger partial charge in [-0.3, -0.25) is 4.79 Å². The van der Waals surface area contributed by atoms with Crippen molar-refractivity contribution in [2.45, 2.75) is 18.4 Å². The predicted octanol–water partition coefficient (Wildman–Crippen LogP) is 2.84. The van der Waals surface area contributed by atoms with Crippen LogP contribution in [0.25, 0.3) is 0 Å². The molecular weight excluding hydrogens is 278 g/mol. The molecule has 1 saturated carbocycles. The van der Waals surface area contributed by atoms with E-state index in [0.29, 0.717) is 5.56 Å². The number of rotatable bonds is 5. The third kappa shape index (κ3) is 2.59. The van der Waals surface area contributed by atoms with E-state index in [-0.39, 0.29) is 18.4 Å². The number of amides is 1. The Bertz CT molecular complexity index is 546. The number of hydrogen-bond acceptors (Lipinski definition) is 4. The molecule has 5 heteroatoms. The zero-order valence-electron chi connectivity index (χ0n) is 10.3. The van der Waals surface area contributed by atoms with E-state index in [2.05, 4.69) is 5.32 Å². The molecule has 2 N–H and O–H groups in total. The molecule has 19 heavy (non-hydrogen) atoms. The fraction of sp³-hybridized carbons (Fsp3) is 0.357. The van der Waals surface area contributed by atoms with Gasteiger partial charge in [-0.1, -0.05) is 6.07 Å². The van der Waals surface area contributed by atoms with Crippen molar-refractivity contribution in [2.75, 3.05) is 6.54 Å². The van der Waals surface area contributed by atoms with E-state index in [0.717, 1.165) is 17.7 Å². The Morgan fingerprint density at radius 1 is 1.42 bits per heavy atom. The first kappa shape index (κ1) is 12.8. The fourth-order valence-electron chi connectivity index (χ4n) is 2.23. The molecule has 0 aliphatic heterocycles. The van der Waals surface area contributed by atoms with Crippen LogP contribution in [0, 0.1) is 5.92 Å². The van der Waals surface area contributed by atoms with Crippen LogP contribution in [0.5, 0.6) is 0 Å². The van der Waals surface area contributed by atoms with Crippen LogP contribution in [0.15, 0.2) is 34.3 Å². The number of hydrogen-bond donors (Lipinski definition) is 2. The lowest BCUT2D eigenvalue weighted by Crippen LogP contribution is -2.41. The molecule has 2 aromatic rings. The first-order chi connectivity index (χ1) is 9.20. The van der Waals surface area contributed by atoms with Gasteiger partial charge in [-0.2, -0.15) is 11.3 Å². The second-order valence-electron chi connectivity index (χ2n) is 4.87. The molecule has 1 unspecified atom stereocenters. The molecule has 0 bridgehead atoms. The summed E-state index contributed by atoms with van der Waals surface area (Å²) in [4.78, 5) is 12.9. The van der Waals surface area contributed by atoms with Gasteiger partial charge in [0.05, 0.1) is 6.54 Å². The van der Waals surface area contributed by atoms with Gasteiger partial charge < -0.3 is 10.4 Å². The molecule has 2 aromatic heterocycles. The van der Waals surface area contributed by atoms with E-state index in [1.807, 2.05) is 28.3 Å². The maximum absolute atomic E-state index is 12.0. The van der Waals surface area contributed by atoms with E-state index < -0.39 is 5.60 Å². The van der Waals surface area contributed by atoms with E-state index >= 15 is 0 Å². The number of carbonyl (C=O) groups excluding carboxylic acids is 1. The normalized spacial score (nSPS) is 17.9. The summed E-state index contributed by atoms with van der Waals surface area (Å²) in [5.41, 5.74) is -0.242. The zero-order chi connectivity index (χ0) is 13.3. The van der Waals surface area contributed by atoms with Crippen LogP contribution in [0.1, 0.15) is 28.1 Å². The van der Waals surface area contributed by atoms with Crippen LogP contribution in [-0.2, 0) is 5.60 Å². The zero-order valence-corrected chi connectivity index (χ0v) is 12.0. The lowest BCUT2D eigenvalue weighted by Gasteiger charge is -2.27. The fourth-order valence-corrected chi connectivity index (χ4v) is 3.77. The second-order valence-corrected chi connectivity index (χ2v) is 6.60. The van der Waals surface area contributed by atoms with E-state index in [9.17, 15) is 9.90 Å². The maximum Gasteiger partial charge on any atom is 0.252 e. The summed E-state index contributed by atoms with van der Waals surface area (Å²) in [5, 5.41) is 19.4. The van der Waals surface area contributed by atoms with Gasteiger partial charge in [0.25, 0.3) is 5.91 Å². The van der Waals surface area contributed by atoms with Gasteiger partial charge in [0.2, 0.25) is 0 Å². The minimum atomic E-state index is -0.903. The summed E-state index contributed by atoms with van der Waals surface area (Å²) in [6, 6.07) is 5.68. The van der Waals surface area contributed by atoms with Gasteiger partial charge in [-0.15, -0.1) is 11.3 Å². The average molecular weight is 293 g/mol. The molecule has 0 aromatic carbocycles. The van der Waals surface area contributed by atoms with E-state index in [4.69, 9.17) is 0 Å². The van der Waals surface area contributed by atoms with Crippen LogP contribution in [0.4, 0.5) is 0 Å². The number of aliphatic hydroxyl groups is 1. The van der Waals surface area contributed by atoms with Gasteiger partial charge in [0.1, 0.15) is 5.60 Å². The Balaban J connectivity index is 1.71. The highest BCUT2D eigenvalue weighted by atomic mass is 32.1. The highest BCUT2D eigenvalue weighted by Gasteiger charge is 2.45. The summed E-state index contributed by atoms with van der Waals surface area (Å²) in [6.45, 7) is 0.285. The first-order valence-electron chi connectivity index (χ1n) is 6.27. The molecule has 1 amide bonds. The van der Waals surface area contributed by atoms with Crippen molar-refractivity contribution in [1.29, 1.82) is 0 Å². The molecule has 1 aliphatic rings. The van der Waals surface area contributed by atoms with Crippen molar-refractivity contribution in [3.8, 4) is 0 Å². The Morgan fingerprint density at radius 2 is 2.26 bits per heavy atom. The van der Waals surface area contributed by atoms with E-state index in [1.165, 1.54) is 11.3 Å². The molecule has 3 nitrogen and oxygen atoms in total. The van der Waals surface area contributed by atoms with Crippen molar-refractivity contribution in [3.63, 3.8) is 0 Å². The number of nitrogens with one attached hydrogen (secondary N) is 1. The third-order valence-corrected chi connectivity index (χ3v) is 5.22. The predicted molar refractivity (Wildman–Crippen MR) is 77.6 cm³/mol. The molecule has 1 atom stereocenters. The van der Waals surface area contributed by atoms with Crippen LogP contribution >= 0.6 is 22.7 Å². The lowest BCUT2D eigenvalue weighted by molar-refractivity contribution is 0.0169. The van der Waals surface area contributed by atoms with Crippen molar-refractivity contribution in [1.82, 2.24) is 5.32 Å². The smallest absolute Gasteiger partial charge is 0.252 e. The van der Waals surface area contributed by atoms with Crippen molar-refractivity contribution < 1.29 is 9.90 Å². The number of carbonyl (C=O) groups is 1. The SMILES string of the molecule is O=C(NCC(O)(c1cccs1)C1CC1)c1ccsc1. The topological polar surface area (TPSA) is 49.3 Å². The summed E-state index contributed by atoms with van der Waals surface area (Å²) in [7, 11) is 0. The molecule has 100 valence electrons. The van der Waals surface area contributed by atoms with Gasteiger partial charge in [0.15, 0.2) is 0 Å². The van der Waals surface area contributed by atoms with Crippen molar-refractivity contribution in [3.05, 3.63) is 44.8 Å². The second kappa shape index (κ2) is 5.07. The minimum absolute atomic E-state index is 0.114. The van der Waals surface area contributed by atoms with Crippen LogP contribution in [-0.4, -0.2) is 17.6 Å². The summed E-state index contributed by atoms with van der Waals surface area (Å²) >= 11 is 3.04. The highest BCUT2D eigenvalue weighted by Crippen LogP contribution is 2.46. The Hall–Kier alpha value is -1.17. The molecule has 1 aliphatic carbocycles. The summed E-state index contributed by atoms with van der Waals surface area (Å²) in [5.74, 6) is 0.158. The number of thiophene rings is 2. The highest BCUT2D eigenvalue weighted by molar-refractivity contribution is 7.10. The lowest BCUT2D eigenvalue weighted by atomic mass is 9.95. The first-order valence-corrected chi connectivity index (χ1v) is 8.09. The van der Waals surface area contributed by atoms with Gasteiger partial charge in [-0.05, 0) is 41.7 Å². The standard InChI is InChI=1S/C14H15NO2S2/c16-13(10-5-7-18-8-10)15-9-14(17,11-3-4-11)12-2-1-6-19-12/h1-2,5-8,11,17H,3-4,9H2,(H,15,16). The molecule has 0 spiro atoms.